The summed E-state index contributed by atoms with van der Waals surface area (Å²) < 4.78 is 12.3. The van der Waals surface area contributed by atoms with Gasteiger partial charge in [-0.05, 0) is 5.19 Å². The highest BCUT2D eigenvalue weighted by Crippen LogP contribution is 1.88. The Kier molecular flexibility index (Phi) is 2.88. The topological polar surface area (TPSA) is 0 Å². The molecule has 0 spiro atoms. The first-order chi connectivity index (χ1) is 5.38. The predicted molar refractivity (Wildman–Crippen MR) is 48.0 cm³/mol. The summed E-state index contributed by atoms with van der Waals surface area (Å²) in [7, 11) is -1.69. The lowest BCUT2D eigenvalue weighted by Gasteiger charge is -2.01. The van der Waals surface area contributed by atoms with Crippen LogP contribution in [0.4, 0.5) is 4.39 Å². The first-order valence-corrected chi connectivity index (χ1v) is 5.42. The quantitative estimate of drug-likeness (QED) is 0.448. The van der Waals surface area contributed by atoms with Crippen LogP contribution in [0.25, 0.3) is 0 Å². The maximum absolute atomic E-state index is 12.3. The molecule has 11 heavy (non-hydrogen) atoms. The van der Waals surface area contributed by atoms with Crippen molar-refractivity contribution in [1.29, 1.82) is 0 Å². The molecule has 0 aliphatic carbocycles. The van der Waals surface area contributed by atoms with E-state index in [2.05, 4.69) is 5.54 Å². The molecule has 0 aromatic heterocycles. The monoisotopic (exact) mass is 164 g/mol. The fourth-order valence-electron chi connectivity index (χ4n) is 0.915. The predicted octanol–water partition coefficient (Wildman–Crippen LogP) is 0.802. The molecule has 1 rings (SSSR count). The van der Waals surface area contributed by atoms with E-state index in [1.807, 2.05) is 30.3 Å². The van der Waals surface area contributed by atoms with E-state index in [0.29, 0.717) is 0 Å². The Balaban J connectivity index is 2.85. The first kappa shape index (κ1) is 8.03. The molecule has 2 heteroatoms. The molecule has 1 atom stereocenters. The SMILES string of the molecule is C#C[SiH](CF)c1ccccc1. The van der Waals surface area contributed by atoms with Gasteiger partial charge < -0.3 is 0 Å². The third kappa shape index (κ3) is 1.92. The van der Waals surface area contributed by atoms with Crippen molar-refractivity contribution in [3.8, 4) is 12.0 Å². The number of rotatable bonds is 2. The molecule has 56 valence electrons. The first-order valence-electron chi connectivity index (χ1n) is 3.45. The standard InChI is InChI=1S/C9H9FSi/c1-2-11(8-10)9-6-4-3-5-7-9/h1,3-7,11H,8H2. The molecular formula is C9H9FSi. The molecule has 0 fully saturated rings. The Labute approximate surface area is 67.7 Å². The van der Waals surface area contributed by atoms with Crippen molar-refractivity contribution in [3.05, 3.63) is 30.3 Å². The van der Waals surface area contributed by atoms with Gasteiger partial charge in [0.2, 0.25) is 0 Å². The summed E-state index contributed by atoms with van der Waals surface area (Å²) in [6, 6.07) is 9.49. The fourth-order valence-corrected chi connectivity index (χ4v) is 2.06. The van der Waals surface area contributed by atoms with Crippen molar-refractivity contribution < 1.29 is 4.39 Å². The van der Waals surface area contributed by atoms with E-state index in [9.17, 15) is 4.39 Å². The highest BCUT2D eigenvalue weighted by atomic mass is 28.3. The maximum atomic E-state index is 12.3. The molecule has 0 radical (unpaired) electrons. The average Bonchev–Trinajstić information content (AvgIpc) is 2.09. The summed E-state index contributed by atoms with van der Waals surface area (Å²) in [6.07, 6.45) is 4.84. The Morgan fingerprint density at radius 2 is 2.00 bits per heavy atom. The van der Waals surface area contributed by atoms with Gasteiger partial charge in [-0.3, -0.25) is 4.39 Å². The second-order valence-corrected chi connectivity index (χ2v) is 4.70. The molecule has 0 saturated heterocycles. The maximum Gasteiger partial charge on any atom is 0.185 e. The van der Waals surface area contributed by atoms with Crippen molar-refractivity contribution in [2.24, 2.45) is 0 Å². The van der Waals surface area contributed by atoms with Crippen LogP contribution in [0.1, 0.15) is 0 Å². The van der Waals surface area contributed by atoms with Crippen LogP contribution in [0.5, 0.6) is 0 Å². The molecule has 0 aliphatic rings. The van der Waals surface area contributed by atoms with Gasteiger partial charge in [0.15, 0.2) is 8.80 Å². The minimum atomic E-state index is -1.69. The summed E-state index contributed by atoms with van der Waals surface area (Å²) in [5.74, 6) is 0. The van der Waals surface area contributed by atoms with Crippen LogP contribution in [0, 0.1) is 12.0 Å². The molecule has 0 amide bonds. The molecule has 0 aliphatic heterocycles. The van der Waals surface area contributed by atoms with Crippen LogP contribution < -0.4 is 5.19 Å². The van der Waals surface area contributed by atoms with E-state index in [1.165, 1.54) is 0 Å². The van der Waals surface area contributed by atoms with Gasteiger partial charge in [0, 0.05) is 0 Å². The van der Waals surface area contributed by atoms with Crippen LogP contribution in [0.2, 0.25) is 0 Å². The molecule has 0 bridgehead atoms. The second kappa shape index (κ2) is 3.94. The van der Waals surface area contributed by atoms with Crippen molar-refractivity contribution in [1.82, 2.24) is 0 Å². The average molecular weight is 164 g/mol. The third-order valence-corrected chi connectivity index (χ3v) is 3.46. The number of hydrogen-bond acceptors (Lipinski definition) is 0. The molecule has 0 heterocycles. The lowest BCUT2D eigenvalue weighted by atomic mass is 10.4. The normalized spacial score (nSPS) is 12.0. The zero-order valence-electron chi connectivity index (χ0n) is 6.13. The number of benzene rings is 1. The van der Waals surface area contributed by atoms with Gasteiger partial charge in [0.05, 0.1) is 6.30 Å². The third-order valence-electron chi connectivity index (χ3n) is 1.56. The lowest BCUT2D eigenvalue weighted by Crippen LogP contribution is -2.30. The van der Waals surface area contributed by atoms with Gasteiger partial charge in [-0.25, -0.2) is 0 Å². The molecule has 1 unspecified atom stereocenters. The van der Waals surface area contributed by atoms with Crippen molar-refractivity contribution in [2.75, 3.05) is 6.30 Å². The Bertz CT molecular complexity index is 250. The zero-order valence-corrected chi connectivity index (χ0v) is 7.28. The molecule has 1 aromatic rings. The number of hydrogen-bond donors (Lipinski definition) is 0. The number of alkyl halides is 1. The van der Waals surface area contributed by atoms with Gasteiger partial charge in [-0.2, -0.15) is 0 Å². The Morgan fingerprint density at radius 1 is 1.36 bits per heavy atom. The van der Waals surface area contributed by atoms with Crippen molar-refractivity contribution in [3.63, 3.8) is 0 Å². The van der Waals surface area contributed by atoms with E-state index in [4.69, 9.17) is 6.42 Å². The minimum absolute atomic E-state index is 0.347. The fraction of sp³-hybridized carbons (Fsp3) is 0.111. The summed E-state index contributed by atoms with van der Waals surface area (Å²) in [6.45, 7) is 0. The van der Waals surface area contributed by atoms with E-state index in [0.717, 1.165) is 5.19 Å². The summed E-state index contributed by atoms with van der Waals surface area (Å²) in [5, 5.41) is 1.01. The Hall–Kier alpha value is -1.07. The highest BCUT2D eigenvalue weighted by Gasteiger charge is 2.08. The summed E-state index contributed by atoms with van der Waals surface area (Å²) >= 11 is 0. The van der Waals surface area contributed by atoms with E-state index < -0.39 is 8.80 Å². The Morgan fingerprint density at radius 3 is 2.45 bits per heavy atom. The molecular weight excluding hydrogens is 155 g/mol. The van der Waals surface area contributed by atoms with Crippen LogP contribution in [0.15, 0.2) is 30.3 Å². The van der Waals surface area contributed by atoms with Gasteiger partial charge in [0.25, 0.3) is 0 Å². The summed E-state index contributed by atoms with van der Waals surface area (Å²) in [4.78, 5) is 0. The van der Waals surface area contributed by atoms with E-state index in [1.54, 1.807) is 0 Å². The van der Waals surface area contributed by atoms with Crippen molar-refractivity contribution in [2.45, 2.75) is 0 Å². The largest absolute Gasteiger partial charge is 0.254 e. The smallest absolute Gasteiger partial charge is 0.185 e. The minimum Gasteiger partial charge on any atom is -0.254 e. The van der Waals surface area contributed by atoms with E-state index in [-0.39, 0.29) is 6.30 Å². The highest BCUT2D eigenvalue weighted by molar-refractivity contribution is 6.80. The number of terminal acetylenes is 1. The van der Waals surface area contributed by atoms with Gasteiger partial charge in [0.1, 0.15) is 0 Å². The lowest BCUT2D eigenvalue weighted by molar-refractivity contribution is 0.592. The van der Waals surface area contributed by atoms with Crippen molar-refractivity contribution >= 4 is 14.0 Å². The second-order valence-electron chi connectivity index (χ2n) is 2.28. The zero-order chi connectivity index (χ0) is 8.10. The molecule has 0 nitrogen and oxygen atoms in total. The van der Waals surface area contributed by atoms with Gasteiger partial charge >= 0.3 is 0 Å². The van der Waals surface area contributed by atoms with Crippen LogP contribution in [-0.2, 0) is 0 Å². The number of halogens is 1. The van der Waals surface area contributed by atoms with Crippen LogP contribution in [0.3, 0.4) is 0 Å². The van der Waals surface area contributed by atoms with E-state index >= 15 is 0 Å². The molecule has 0 N–H and O–H groups in total. The van der Waals surface area contributed by atoms with Crippen LogP contribution >= 0.6 is 0 Å². The molecule has 0 saturated carbocycles. The summed E-state index contributed by atoms with van der Waals surface area (Å²) in [5.41, 5.74) is 2.53. The van der Waals surface area contributed by atoms with Crippen LogP contribution in [-0.4, -0.2) is 15.1 Å². The van der Waals surface area contributed by atoms with Gasteiger partial charge in [-0.15, -0.1) is 12.0 Å². The van der Waals surface area contributed by atoms with Gasteiger partial charge in [-0.1, -0.05) is 30.3 Å². The molecule has 1 aromatic carbocycles.